The third-order valence-corrected chi connectivity index (χ3v) is 7.09. The number of methoxy groups -OCH3 is 1. The minimum absolute atomic E-state index is 0.152. The normalized spacial score (nSPS) is 19.5. The molecule has 2 aromatic rings. The first-order valence-corrected chi connectivity index (χ1v) is 11.9. The summed E-state index contributed by atoms with van der Waals surface area (Å²) in [6.45, 7) is 10.3. The minimum Gasteiger partial charge on any atom is -0.383 e. The van der Waals surface area contributed by atoms with Crippen LogP contribution in [0.2, 0.25) is 10.0 Å². The Labute approximate surface area is 207 Å². The van der Waals surface area contributed by atoms with Crippen LogP contribution in [0.1, 0.15) is 38.8 Å². The molecule has 4 rings (SSSR count). The van der Waals surface area contributed by atoms with Gasteiger partial charge in [-0.15, -0.1) is 0 Å². The van der Waals surface area contributed by atoms with Crippen LogP contribution >= 0.6 is 23.2 Å². The lowest BCUT2D eigenvalue weighted by atomic mass is 9.81. The van der Waals surface area contributed by atoms with Crippen molar-refractivity contribution < 1.29 is 4.74 Å². The van der Waals surface area contributed by atoms with Gasteiger partial charge in [0, 0.05) is 45.9 Å². The third-order valence-electron chi connectivity index (χ3n) is 6.62. The number of rotatable bonds is 6. The summed E-state index contributed by atoms with van der Waals surface area (Å²) in [6, 6.07) is 12.0. The lowest BCUT2D eigenvalue weighted by Gasteiger charge is -2.26. The fraction of sp³-hybridized carbons (Fsp3) is 0.321. The Morgan fingerprint density at radius 2 is 1.61 bits per heavy atom. The zero-order valence-electron chi connectivity index (χ0n) is 19.8. The van der Waals surface area contributed by atoms with Gasteiger partial charge in [0.2, 0.25) is 0 Å². The van der Waals surface area contributed by atoms with Crippen LogP contribution in [0.25, 0.3) is 0 Å². The molecule has 0 amide bonds. The predicted molar refractivity (Wildman–Crippen MR) is 142 cm³/mol. The highest BCUT2D eigenvalue weighted by Crippen LogP contribution is 2.48. The van der Waals surface area contributed by atoms with Gasteiger partial charge in [-0.1, -0.05) is 69.1 Å². The molecule has 5 heteroatoms. The Kier molecular flexibility index (Phi) is 6.59. The molecule has 33 heavy (non-hydrogen) atoms. The maximum Gasteiger partial charge on any atom is 0.0675 e. The number of halogens is 2. The van der Waals surface area contributed by atoms with Crippen molar-refractivity contribution in [2.75, 3.05) is 25.2 Å². The summed E-state index contributed by atoms with van der Waals surface area (Å²) in [5.74, 6) is 0. The molecular formula is C28H30Cl2N2O. The van der Waals surface area contributed by atoms with Crippen molar-refractivity contribution >= 4 is 40.3 Å². The summed E-state index contributed by atoms with van der Waals surface area (Å²) in [6.07, 6.45) is 10.5. The molecule has 0 bridgehead atoms. The van der Waals surface area contributed by atoms with Crippen molar-refractivity contribution in [2.24, 2.45) is 4.99 Å². The van der Waals surface area contributed by atoms with Gasteiger partial charge in [0.25, 0.3) is 0 Å². The van der Waals surface area contributed by atoms with Gasteiger partial charge < -0.3 is 9.64 Å². The lowest BCUT2D eigenvalue weighted by molar-refractivity contribution is 0.206. The van der Waals surface area contributed by atoms with Crippen LogP contribution in [0.3, 0.4) is 0 Å². The summed E-state index contributed by atoms with van der Waals surface area (Å²) < 4.78 is 5.37. The molecule has 0 aliphatic carbocycles. The molecule has 0 atom stereocenters. The molecule has 2 aliphatic rings. The molecule has 2 heterocycles. The second-order valence-electron chi connectivity index (χ2n) is 9.51. The molecular weight excluding hydrogens is 451 g/mol. The van der Waals surface area contributed by atoms with Crippen molar-refractivity contribution in [3.63, 3.8) is 0 Å². The first-order chi connectivity index (χ1) is 15.7. The molecule has 3 nitrogen and oxygen atoms in total. The number of aliphatic imine (C=N–C) groups is 1. The number of fused-ring (bicyclic) bond motifs is 2. The first-order valence-electron chi connectivity index (χ1n) is 11.2. The van der Waals surface area contributed by atoms with Crippen molar-refractivity contribution in [1.29, 1.82) is 0 Å². The second-order valence-corrected chi connectivity index (χ2v) is 10.4. The number of nitrogens with zero attached hydrogens (tertiary/aromatic N) is 2. The Balaban J connectivity index is 1.57. The Hall–Kier alpha value is -2.33. The van der Waals surface area contributed by atoms with E-state index in [9.17, 15) is 0 Å². The van der Waals surface area contributed by atoms with Gasteiger partial charge in [0.1, 0.15) is 0 Å². The van der Waals surface area contributed by atoms with Crippen LogP contribution in [0.4, 0.5) is 11.4 Å². The van der Waals surface area contributed by atoms with Crippen LogP contribution in [-0.2, 0) is 15.6 Å². The van der Waals surface area contributed by atoms with Crippen molar-refractivity contribution in [2.45, 2.75) is 38.5 Å². The van der Waals surface area contributed by atoms with Crippen LogP contribution in [0.5, 0.6) is 0 Å². The topological polar surface area (TPSA) is 24.8 Å². The number of hydrogen-bond donors (Lipinski definition) is 0. The minimum atomic E-state index is -0.172. The molecule has 2 aliphatic heterocycles. The molecule has 172 valence electrons. The maximum absolute atomic E-state index is 6.32. The largest absolute Gasteiger partial charge is 0.383 e. The summed E-state index contributed by atoms with van der Waals surface area (Å²) in [5, 5.41) is 1.50. The molecule has 0 N–H and O–H groups in total. The van der Waals surface area contributed by atoms with Crippen LogP contribution < -0.4 is 4.90 Å². The first kappa shape index (κ1) is 23.8. The predicted octanol–water partition coefficient (Wildman–Crippen LogP) is 7.80. The number of benzene rings is 2. The van der Waals surface area contributed by atoms with Crippen molar-refractivity contribution in [3.05, 3.63) is 93.6 Å². The molecule has 0 unspecified atom stereocenters. The van der Waals surface area contributed by atoms with E-state index < -0.39 is 0 Å². The Morgan fingerprint density at radius 1 is 0.909 bits per heavy atom. The van der Waals surface area contributed by atoms with Gasteiger partial charge in [-0.3, -0.25) is 4.99 Å². The van der Waals surface area contributed by atoms with Gasteiger partial charge in [-0.05, 0) is 59.7 Å². The molecule has 0 saturated heterocycles. The van der Waals surface area contributed by atoms with Gasteiger partial charge in [0.05, 0.1) is 18.0 Å². The summed E-state index contributed by atoms with van der Waals surface area (Å²) >= 11 is 12.5. The standard InChI is InChI=1S/C28H30Cl2N2O/c1-27(2)21-17-19(29)11-13-23(21)31-25(27)9-7-6-8-10-26-28(3,4)22-18-20(30)12-14-24(22)32(26)15-16-33-5/h6-14,17-18H,15-16H2,1-5H3/b8-6+,9-7+,26-10+. The van der Waals surface area contributed by atoms with E-state index in [1.54, 1.807) is 7.11 Å². The number of hydrogen-bond acceptors (Lipinski definition) is 3. The van der Waals surface area contributed by atoms with Gasteiger partial charge in [0.15, 0.2) is 0 Å². The van der Waals surface area contributed by atoms with E-state index in [0.29, 0.717) is 6.61 Å². The van der Waals surface area contributed by atoms with E-state index in [1.807, 2.05) is 24.3 Å². The molecule has 0 radical (unpaired) electrons. The van der Waals surface area contributed by atoms with Gasteiger partial charge in [-0.2, -0.15) is 0 Å². The van der Waals surface area contributed by atoms with E-state index >= 15 is 0 Å². The summed E-state index contributed by atoms with van der Waals surface area (Å²) in [5.41, 5.74) is 6.51. The molecule has 0 spiro atoms. The average Bonchev–Trinajstić information content (AvgIpc) is 3.13. The lowest BCUT2D eigenvalue weighted by Crippen LogP contribution is -2.28. The molecule has 0 fully saturated rings. The molecule has 2 aromatic carbocycles. The molecule has 0 aromatic heterocycles. The van der Waals surface area contributed by atoms with E-state index in [2.05, 4.69) is 75.1 Å². The second kappa shape index (κ2) is 9.13. The maximum atomic E-state index is 6.32. The quantitative estimate of drug-likeness (QED) is 0.393. The Bertz CT molecular complexity index is 1190. The molecule has 0 saturated carbocycles. The zero-order chi connectivity index (χ0) is 23.8. The van der Waals surface area contributed by atoms with Crippen LogP contribution in [0.15, 0.2) is 77.5 Å². The van der Waals surface area contributed by atoms with E-state index in [4.69, 9.17) is 32.9 Å². The highest BCUT2D eigenvalue weighted by atomic mass is 35.5. The van der Waals surface area contributed by atoms with Crippen LogP contribution in [0, 0.1) is 0 Å². The zero-order valence-corrected chi connectivity index (χ0v) is 21.3. The number of ether oxygens (including phenoxy) is 1. The third kappa shape index (κ3) is 4.42. The number of allylic oxidation sites excluding steroid dienone is 6. The summed E-state index contributed by atoms with van der Waals surface area (Å²) in [4.78, 5) is 7.14. The van der Waals surface area contributed by atoms with Gasteiger partial charge >= 0.3 is 0 Å². The highest BCUT2D eigenvalue weighted by molar-refractivity contribution is 6.31. The van der Waals surface area contributed by atoms with Crippen molar-refractivity contribution in [1.82, 2.24) is 0 Å². The average molecular weight is 481 g/mol. The van der Waals surface area contributed by atoms with E-state index in [-0.39, 0.29) is 10.8 Å². The van der Waals surface area contributed by atoms with E-state index in [0.717, 1.165) is 28.0 Å². The monoisotopic (exact) mass is 480 g/mol. The summed E-state index contributed by atoms with van der Waals surface area (Å²) in [7, 11) is 1.73. The van der Waals surface area contributed by atoms with E-state index in [1.165, 1.54) is 22.5 Å². The van der Waals surface area contributed by atoms with Crippen molar-refractivity contribution in [3.8, 4) is 0 Å². The fourth-order valence-corrected chi connectivity index (χ4v) is 5.03. The van der Waals surface area contributed by atoms with Crippen LogP contribution in [-0.4, -0.2) is 26.0 Å². The highest BCUT2D eigenvalue weighted by Gasteiger charge is 2.39. The SMILES string of the molecule is COCCN1/C(=C/C=C/C=C/C2=Nc3ccc(Cl)cc3C2(C)C)C(C)(C)c2cc(Cl)ccc21. The number of anilines is 1. The Morgan fingerprint density at radius 3 is 2.33 bits per heavy atom. The van der Waals surface area contributed by atoms with Gasteiger partial charge in [-0.25, -0.2) is 0 Å². The fourth-order valence-electron chi connectivity index (χ4n) is 4.69. The smallest absolute Gasteiger partial charge is 0.0675 e.